The Labute approximate surface area is 133 Å². The summed E-state index contributed by atoms with van der Waals surface area (Å²) in [7, 11) is 1.30. The highest BCUT2D eigenvalue weighted by molar-refractivity contribution is 7.12. The lowest BCUT2D eigenvalue weighted by molar-refractivity contribution is -0.142. The van der Waals surface area contributed by atoms with Crippen molar-refractivity contribution in [3.63, 3.8) is 0 Å². The van der Waals surface area contributed by atoms with Crippen LogP contribution < -0.4 is 4.74 Å². The molecule has 1 aromatic carbocycles. The van der Waals surface area contributed by atoms with E-state index in [1.807, 2.05) is 25.1 Å². The van der Waals surface area contributed by atoms with Crippen LogP contribution in [0, 0.1) is 6.92 Å². The molecule has 0 N–H and O–H groups in total. The van der Waals surface area contributed by atoms with Crippen molar-refractivity contribution in [2.24, 2.45) is 0 Å². The number of allylic oxidation sites excluding steroid dienone is 1. The van der Waals surface area contributed by atoms with Crippen LogP contribution in [0.15, 0.2) is 42.5 Å². The molecule has 114 valence electrons. The van der Waals surface area contributed by atoms with Gasteiger partial charge in [0.05, 0.1) is 7.11 Å². The van der Waals surface area contributed by atoms with E-state index in [4.69, 9.17) is 4.74 Å². The first-order chi connectivity index (χ1) is 10.6. The fraction of sp³-hybridized carbons (Fsp3) is 0.176. The lowest BCUT2D eigenvalue weighted by Crippen LogP contribution is -2.12. The molecule has 22 heavy (non-hydrogen) atoms. The predicted molar refractivity (Wildman–Crippen MR) is 86.4 cm³/mol. The maximum Gasteiger partial charge on any atom is 0.343 e. The first-order valence-electron chi connectivity index (χ1n) is 6.67. The third kappa shape index (κ3) is 4.56. The number of esters is 1. The number of rotatable bonds is 6. The van der Waals surface area contributed by atoms with Crippen LogP contribution in [0.2, 0.25) is 0 Å². The van der Waals surface area contributed by atoms with Crippen LogP contribution in [0.3, 0.4) is 0 Å². The molecule has 0 bridgehead atoms. The summed E-state index contributed by atoms with van der Waals surface area (Å²) in [5.74, 6) is -0.0142. The topological polar surface area (TPSA) is 52.6 Å². The summed E-state index contributed by atoms with van der Waals surface area (Å²) in [6.07, 6.45) is 3.36. The van der Waals surface area contributed by atoms with E-state index in [0.29, 0.717) is 11.3 Å². The monoisotopic (exact) mass is 316 g/mol. The minimum atomic E-state index is -0.450. The van der Waals surface area contributed by atoms with E-state index < -0.39 is 5.97 Å². The summed E-state index contributed by atoms with van der Waals surface area (Å²) in [6.45, 7) is 1.87. The number of benzene rings is 1. The molecular formula is C17H16O4S. The highest BCUT2D eigenvalue weighted by Crippen LogP contribution is 2.17. The maximum atomic E-state index is 12.1. The predicted octanol–water partition coefficient (Wildman–Crippen LogP) is 3.50. The zero-order valence-corrected chi connectivity index (χ0v) is 13.2. The summed E-state index contributed by atoms with van der Waals surface area (Å²) in [6, 6.07) is 10.6. The Kier molecular flexibility index (Phi) is 5.49. The normalized spacial score (nSPS) is 10.6. The van der Waals surface area contributed by atoms with Crippen LogP contribution in [0.4, 0.5) is 0 Å². The first-order valence-corrected chi connectivity index (χ1v) is 7.48. The van der Waals surface area contributed by atoms with Gasteiger partial charge in [-0.15, -0.1) is 11.3 Å². The molecule has 0 saturated carbocycles. The summed E-state index contributed by atoms with van der Waals surface area (Å²) < 4.78 is 9.71. The zero-order chi connectivity index (χ0) is 15.9. The molecule has 0 aliphatic heterocycles. The van der Waals surface area contributed by atoms with Crippen LogP contribution in [0.5, 0.6) is 5.75 Å². The van der Waals surface area contributed by atoms with Crippen LogP contribution in [-0.4, -0.2) is 25.5 Å². The fourth-order valence-corrected chi connectivity index (χ4v) is 2.49. The molecule has 0 amide bonds. The van der Waals surface area contributed by atoms with E-state index in [-0.39, 0.29) is 12.4 Å². The van der Waals surface area contributed by atoms with Crippen molar-refractivity contribution in [2.45, 2.75) is 6.92 Å². The molecule has 0 radical (unpaired) electrons. The highest BCUT2D eigenvalue weighted by atomic mass is 32.1. The molecule has 0 aliphatic rings. The first kappa shape index (κ1) is 16.0. The Balaban J connectivity index is 1.96. The van der Waals surface area contributed by atoms with Crippen molar-refractivity contribution in [3.8, 4) is 5.75 Å². The molecule has 2 aromatic rings. The number of aryl methyl sites for hydroxylation is 1. The molecule has 0 aliphatic carbocycles. The third-order valence-electron chi connectivity index (χ3n) is 2.88. The molecule has 0 spiro atoms. The van der Waals surface area contributed by atoms with Gasteiger partial charge in [0, 0.05) is 15.3 Å². The van der Waals surface area contributed by atoms with Gasteiger partial charge in [0.2, 0.25) is 0 Å². The minimum absolute atomic E-state index is 0.0782. The summed E-state index contributed by atoms with van der Waals surface area (Å²) in [5.41, 5.74) is 0.565. The number of hydrogen-bond acceptors (Lipinski definition) is 5. The number of carbonyl (C=O) groups is 2. The van der Waals surface area contributed by atoms with Gasteiger partial charge < -0.3 is 9.47 Å². The molecular weight excluding hydrogens is 300 g/mol. The zero-order valence-electron chi connectivity index (χ0n) is 12.4. The van der Waals surface area contributed by atoms with E-state index in [1.165, 1.54) is 12.0 Å². The number of carbonyl (C=O) groups excluding carboxylic acids is 2. The molecule has 0 fully saturated rings. The van der Waals surface area contributed by atoms with Crippen molar-refractivity contribution >= 4 is 29.2 Å². The average molecular weight is 316 g/mol. The molecule has 0 saturated heterocycles. The van der Waals surface area contributed by atoms with E-state index in [1.54, 1.807) is 41.7 Å². The molecule has 2 rings (SSSR count). The number of methoxy groups -OCH3 is 1. The summed E-state index contributed by atoms with van der Waals surface area (Å²) >= 11 is 1.64. The van der Waals surface area contributed by atoms with Gasteiger partial charge in [-0.2, -0.15) is 0 Å². The Morgan fingerprint density at radius 3 is 2.45 bits per heavy atom. The van der Waals surface area contributed by atoms with Crippen molar-refractivity contribution < 1.29 is 19.1 Å². The molecule has 4 nitrogen and oxygen atoms in total. The van der Waals surface area contributed by atoms with Gasteiger partial charge in [-0.05, 0) is 55.5 Å². The van der Waals surface area contributed by atoms with Crippen LogP contribution in [0.1, 0.15) is 20.1 Å². The smallest absolute Gasteiger partial charge is 0.343 e. The second-order valence-corrected chi connectivity index (χ2v) is 5.85. The lowest BCUT2D eigenvalue weighted by Gasteiger charge is -2.04. The second kappa shape index (κ2) is 7.56. The van der Waals surface area contributed by atoms with E-state index >= 15 is 0 Å². The van der Waals surface area contributed by atoms with E-state index in [9.17, 15) is 9.59 Å². The SMILES string of the molecule is COC(=O)COc1ccc(C(=O)/C=C/c2ccc(C)s2)cc1. The number of hydrogen-bond donors (Lipinski definition) is 0. The van der Waals surface area contributed by atoms with Crippen molar-refractivity contribution in [3.05, 3.63) is 57.8 Å². The van der Waals surface area contributed by atoms with Crippen LogP contribution >= 0.6 is 11.3 Å². The largest absolute Gasteiger partial charge is 0.482 e. The van der Waals surface area contributed by atoms with Gasteiger partial charge in [-0.3, -0.25) is 4.79 Å². The number of ketones is 1. The average Bonchev–Trinajstić information content (AvgIpc) is 2.96. The number of thiophene rings is 1. The van der Waals surface area contributed by atoms with E-state index in [2.05, 4.69) is 4.74 Å². The maximum absolute atomic E-state index is 12.1. The molecule has 1 aromatic heterocycles. The Bertz CT molecular complexity index is 683. The standard InChI is InChI=1S/C17H16O4S/c1-12-3-8-15(22-12)9-10-16(18)13-4-6-14(7-5-13)21-11-17(19)20-2/h3-10H,11H2,1-2H3/b10-9+. The minimum Gasteiger partial charge on any atom is -0.482 e. The van der Waals surface area contributed by atoms with Crippen molar-refractivity contribution in [1.29, 1.82) is 0 Å². The quantitative estimate of drug-likeness (QED) is 0.465. The fourth-order valence-electron chi connectivity index (χ4n) is 1.71. The third-order valence-corrected chi connectivity index (χ3v) is 3.85. The number of ether oxygens (including phenoxy) is 2. The van der Waals surface area contributed by atoms with Crippen molar-refractivity contribution in [1.82, 2.24) is 0 Å². The molecule has 1 heterocycles. The van der Waals surface area contributed by atoms with Gasteiger partial charge in [0.15, 0.2) is 12.4 Å². The Morgan fingerprint density at radius 1 is 1.14 bits per heavy atom. The van der Waals surface area contributed by atoms with Crippen LogP contribution in [-0.2, 0) is 9.53 Å². The van der Waals surface area contributed by atoms with Gasteiger partial charge in [-0.1, -0.05) is 0 Å². The highest BCUT2D eigenvalue weighted by Gasteiger charge is 2.05. The molecule has 0 atom stereocenters. The molecule has 0 unspecified atom stereocenters. The van der Waals surface area contributed by atoms with Crippen LogP contribution in [0.25, 0.3) is 6.08 Å². The Hall–Kier alpha value is -2.40. The van der Waals surface area contributed by atoms with Gasteiger partial charge >= 0.3 is 5.97 Å². The summed E-state index contributed by atoms with van der Waals surface area (Å²) in [5, 5.41) is 0. The summed E-state index contributed by atoms with van der Waals surface area (Å²) in [4.78, 5) is 25.3. The second-order valence-electron chi connectivity index (χ2n) is 4.54. The van der Waals surface area contributed by atoms with E-state index in [0.717, 1.165) is 4.88 Å². The van der Waals surface area contributed by atoms with Gasteiger partial charge in [-0.25, -0.2) is 4.79 Å². The van der Waals surface area contributed by atoms with Gasteiger partial charge in [0.25, 0.3) is 0 Å². The van der Waals surface area contributed by atoms with Crippen molar-refractivity contribution in [2.75, 3.05) is 13.7 Å². The Morgan fingerprint density at radius 2 is 1.86 bits per heavy atom. The van der Waals surface area contributed by atoms with Gasteiger partial charge in [0.1, 0.15) is 5.75 Å². The lowest BCUT2D eigenvalue weighted by atomic mass is 10.1. The molecule has 5 heteroatoms.